The third-order valence-corrected chi connectivity index (χ3v) is 5.74. The van der Waals surface area contributed by atoms with E-state index in [0.29, 0.717) is 18.1 Å². The van der Waals surface area contributed by atoms with Gasteiger partial charge in [0.15, 0.2) is 5.16 Å². The summed E-state index contributed by atoms with van der Waals surface area (Å²) < 4.78 is 3.77. The largest absolute Gasteiger partial charge is 0.313 e. The Morgan fingerprint density at radius 1 is 1.11 bits per heavy atom. The van der Waals surface area contributed by atoms with Crippen molar-refractivity contribution >= 4 is 28.4 Å². The Hall–Kier alpha value is -2.60. The van der Waals surface area contributed by atoms with Crippen molar-refractivity contribution in [1.29, 1.82) is 0 Å². The summed E-state index contributed by atoms with van der Waals surface area (Å²) in [5.41, 5.74) is 4.45. The van der Waals surface area contributed by atoms with Gasteiger partial charge in [0.2, 0.25) is 0 Å². The monoisotopic (exact) mass is 392 g/mol. The van der Waals surface area contributed by atoms with E-state index in [1.165, 1.54) is 0 Å². The van der Waals surface area contributed by atoms with Crippen molar-refractivity contribution in [2.24, 2.45) is 5.92 Å². The molecule has 1 aromatic carbocycles. The lowest BCUT2D eigenvalue weighted by Crippen LogP contribution is -2.17. The zero-order chi connectivity index (χ0) is 19.7. The first-order valence-corrected chi connectivity index (χ1v) is 10.6. The molecule has 28 heavy (non-hydrogen) atoms. The van der Waals surface area contributed by atoms with Gasteiger partial charge in [-0.05, 0) is 43.0 Å². The van der Waals surface area contributed by atoms with Crippen LogP contribution in [0.3, 0.4) is 0 Å². The number of pyridine rings is 1. The van der Waals surface area contributed by atoms with E-state index in [9.17, 15) is 4.79 Å². The van der Waals surface area contributed by atoms with Gasteiger partial charge >= 0.3 is 0 Å². The standard InChI is InChI=1S/C22H24N4OS/c1-15(2)10-11-28-22-24-18-6-4-5-7-19(18)25(22)14-17-12-21(27)26-13-16(3)8-9-20(26)23-17/h4-9,12-13,15H,10-11,14H2,1-3H3. The summed E-state index contributed by atoms with van der Waals surface area (Å²) in [5.74, 6) is 1.68. The SMILES string of the molecule is Cc1ccc2nc(Cn3c(SCCC(C)C)nc4ccccc43)cc(=O)n2c1. The molecule has 0 aliphatic carbocycles. The quantitative estimate of drug-likeness (QED) is 0.452. The third-order valence-electron chi connectivity index (χ3n) is 4.73. The van der Waals surface area contributed by atoms with Gasteiger partial charge in [-0.2, -0.15) is 0 Å². The molecule has 0 radical (unpaired) electrons. The topological polar surface area (TPSA) is 52.2 Å². The minimum atomic E-state index is -0.0536. The molecule has 0 fully saturated rings. The first-order valence-electron chi connectivity index (χ1n) is 9.58. The fraction of sp³-hybridized carbons (Fsp3) is 0.318. The van der Waals surface area contributed by atoms with Gasteiger partial charge in [-0.3, -0.25) is 9.20 Å². The third kappa shape index (κ3) is 3.83. The summed E-state index contributed by atoms with van der Waals surface area (Å²) in [6.07, 6.45) is 2.97. The van der Waals surface area contributed by atoms with Crippen LogP contribution in [0.15, 0.2) is 58.6 Å². The van der Waals surface area contributed by atoms with Crippen molar-refractivity contribution in [1.82, 2.24) is 18.9 Å². The molecule has 144 valence electrons. The fourth-order valence-corrected chi connectivity index (χ4v) is 4.46. The summed E-state index contributed by atoms with van der Waals surface area (Å²) >= 11 is 1.77. The van der Waals surface area contributed by atoms with E-state index >= 15 is 0 Å². The molecule has 0 saturated heterocycles. The van der Waals surface area contributed by atoms with Crippen molar-refractivity contribution in [2.75, 3.05) is 5.75 Å². The molecule has 0 spiro atoms. The molecule has 3 aromatic heterocycles. The van der Waals surface area contributed by atoms with Gasteiger partial charge in [0.25, 0.3) is 5.56 Å². The minimum Gasteiger partial charge on any atom is -0.313 e. The number of para-hydroxylation sites is 2. The first kappa shape index (κ1) is 18.7. The van der Waals surface area contributed by atoms with Crippen LogP contribution in [0.1, 0.15) is 31.5 Å². The second kappa shape index (κ2) is 7.80. The number of rotatable bonds is 6. The summed E-state index contributed by atoms with van der Waals surface area (Å²) in [7, 11) is 0. The number of aromatic nitrogens is 4. The molecule has 0 amide bonds. The van der Waals surface area contributed by atoms with Crippen molar-refractivity contribution < 1.29 is 0 Å². The van der Waals surface area contributed by atoms with Crippen molar-refractivity contribution in [3.05, 3.63) is 70.3 Å². The zero-order valence-corrected chi connectivity index (χ0v) is 17.2. The fourth-order valence-electron chi connectivity index (χ4n) is 3.20. The molecule has 0 unspecified atom stereocenters. The number of thioether (sulfide) groups is 1. The highest BCUT2D eigenvalue weighted by Gasteiger charge is 2.13. The maximum atomic E-state index is 12.6. The highest BCUT2D eigenvalue weighted by atomic mass is 32.2. The van der Waals surface area contributed by atoms with Crippen LogP contribution in [0, 0.1) is 12.8 Å². The van der Waals surface area contributed by atoms with Crippen molar-refractivity contribution in [3.63, 3.8) is 0 Å². The summed E-state index contributed by atoms with van der Waals surface area (Å²) in [4.78, 5) is 22.1. The second-order valence-electron chi connectivity index (χ2n) is 7.52. The van der Waals surface area contributed by atoms with E-state index in [4.69, 9.17) is 9.97 Å². The second-order valence-corrected chi connectivity index (χ2v) is 8.58. The van der Waals surface area contributed by atoms with E-state index in [-0.39, 0.29) is 5.56 Å². The van der Waals surface area contributed by atoms with Crippen LogP contribution >= 0.6 is 11.8 Å². The molecular formula is C22H24N4OS. The van der Waals surface area contributed by atoms with Crippen LogP contribution in [0.4, 0.5) is 0 Å². The summed E-state index contributed by atoms with van der Waals surface area (Å²) in [5, 5.41) is 0.979. The van der Waals surface area contributed by atoms with Crippen molar-refractivity contribution in [3.8, 4) is 0 Å². The van der Waals surface area contributed by atoms with Crippen LogP contribution in [0.5, 0.6) is 0 Å². The minimum absolute atomic E-state index is 0.0536. The predicted molar refractivity (Wildman–Crippen MR) is 115 cm³/mol. The molecular weight excluding hydrogens is 368 g/mol. The highest BCUT2D eigenvalue weighted by molar-refractivity contribution is 7.99. The number of hydrogen-bond acceptors (Lipinski definition) is 4. The Balaban J connectivity index is 1.73. The van der Waals surface area contributed by atoms with Gasteiger partial charge in [-0.25, -0.2) is 9.97 Å². The van der Waals surface area contributed by atoms with Crippen LogP contribution < -0.4 is 5.56 Å². The molecule has 6 heteroatoms. The van der Waals surface area contributed by atoms with Gasteiger partial charge in [-0.15, -0.1) is 0 Å². The lowest BCUT2D eigenvalue weighted by Gasteiger charge is -2.10. The van der Waals surface area contributed by atoms with E-state index in [2.05, 4.69) is 24.5 Å². The molecule has 0 bridgehead atoms. The number of imidazole rings is 1. The zero-order valence-electron chi connectivity index (χ0n) is 16.4. The maximum absolute atomic E-state index is 12.6. The smallest absolute Gasteiger partial charge is 0.258 e. The molecule has 4 rings (SSSR count). The number of fused-ring (bicyclic) bond motifs is 2. The predicted octanol–water partition coefficient (Wildman–Crippen LogP) is 4.54. The average Bonchev–Trinajstić information content (AvgIpc) is 3.00. The number of benzene rings is 1. The Labute approximate surface area is 168 Å². The molecule has 3 heterocycles. The molecule has 4 aromatic rings. The van der Waals surface area contributed by atoms with Crippen LogP contribution in [0.25, 0.3) is 16.7 Å². The molecule has 0 aliphatic rings. The normalized spacial score (nSPS) is 11.7. The molecule has 0 saturated carbocycles. The number of hydrogen-bond donors (Lipinski definition) is 0. The Morgan fingerprint density at radius 3 is 2.75 bits per heavy atom. The van der Waals surface area contributed by atoms with E-state index in [1.54, 1.807) is 22.2 Å². The summed E-state index contributed by atoms with van der Waals surface area (Å²) in [6, 6.07) is 13.6. The lowest BCUT2D eigenvalue weighted by molar-refractivity contribution is 0.630. The first-order chi connectivity index (χ1) is 13.5. The molecule has 0 aliphatic heterocycles. The number of aryl methyl sites for hydroxylation is 1. The van der Waals surface area contributed by atoms with E-state index < -0.39 is 0 Å². The van der Waals surface area contributed by atoms with Crippen LogP contribution in [-0.2, 0) is 6.54 Å². The van der Waals surface area contributed by atoms with Gasteiger partial charge < -0.3 is 4.57 Å². The van der Waals surface area contributed by atoms with Crippen LogP contribution in [-0.4, -0.2) is 24.7 Å². The highest BCUT2D eigenvalue weighted by Crippen LogP contribution is 2.26. The molecule has 0 atom stereocenters. The molecule has 5 nitrogen and oxygen atoms in total. The summed E-state index contributed by atoms with van der Waals surface area (Å²) in [6.45, 7) is 6.97. The maximum Gasteiger partial charge on any atom is 0.258 e. The average molecular weight is 393 g/mol. The molecule has 0 N–H and O–H groups in total. The van der Waals surface area contributed by atoms with E-state index in [0.717, 1.165) is 39.6 Å². The van der Waals surface area contributed by atoms with Gasteiger partial charge in [0.05, 0.1) is 23.3 Å². The van der Waals surface area contributed by atoms with E-state index in [1.807, 2.05) is 43.5 Å². The Bertz CT molecular complexity index is 1190. The Kier molecular flexibility index (Phi) is 5.22. The van der Waals surface area contributed by atoms with Gasteiger partial charge in [-0.1, -0.05) is 43.8 Å². The van der Waals surface area contributed by atoms with Gasteiger partial charge in [0, 0.05) is 18.0 Å². The van der Waals surface area contributed by atoms with Crippen LogP contribution in [0.2, 0.25) is 0 Å². The van der Waals surface area contributed by atoms with Gasteiger partial charge in [0.1, 0.15) is 5.65 Å². The number of nitrogens with zero attached hydrogens (tertiary/aromatic N) is 4. The lowest BCUT2D eigenvalue weighted by atomic mass is 10.2. The van der Waals surface area contributed by atoms with Crippen molar-refractivity contribution in [2.45, 2.75) is 38.9 Å². The Morgan fingerprint density at radius 2 is 1.93 bits per heavy atom.